The molecule has 0 unspecified atom stereocenters. The number of aryl methyl sites for hydroxylation is 1. The van der Waals surface area contributed by atoms with Gasteiger partial charge in [-0.25, -0.2) is 9.78 Å². The van der Waals surface area contributed by atoms with Gasteiger partial charge in [0.25, 0.3) is 14.0 Å². The third-order valence-corrected chi connectivity index (χ3v) is 12.4. The van der Waals surface area contributed by atoms with Gasteiger partial charge in [0, 0.05) is 18.2 Å². The van der Waals surface area contributed by atoms with E-state index in [1.807, 2.05) is 13.0 Å². The Bertz CT molecular complexity index is 1350. The van der Waals surface area contributed by atoms with Crippen molar-refractivity contribution in [2.45, 2.75) is 64.3 Å². The fraction of sp³-hybridized carbons (Fsp3) is 0.387. The van der Waals surface area contributed by atoms with E-state index in [9.17, 15) is 4.79 Å². The summed E-state index contributed by atoms with van der Waals surface area (Å²) in [5, 5.41) is 7.42. The number of carbonyl (C=O) groups excluding carboxylic acids is 1. The molecule has 0 N–H and O–H groups in total. The number of pyridine rings is 1. The smallest absolute Gasteiger partial charge is 0.339 e. The fourth-order valence-corrected chi connectivity index (χ4v) is 9.99. The molecule has 1 aliphatic rings. The third-order valence-electron chi connectivity index (χ3n) is 7.32. The lowest BCUT2D eigenvalue weighted by atomic mass is 10.1. The number of carbonyl (C=O) groups is 1. The Kier molecular flexibility index (Phi) is 7.50. The third kappa shape index (κ3) is 5.05. The van der Waals surface area contributed by atoms with E-state index in [4.69, 9.17) is 13.7 Å². The zero-order chi connectivity index (χ0) is 26.8. The van der Waals surface area contributed by atoms with Crippen LogP contribution in [0.4, 0.5) is 0 Å². The average Bonchev–Trinajstić information content (AvgIpc) is 3.69. The molecule has 38 heavy (non-hydrogen) atoms. The van der Waals surface area contributed by atoms with Crippen LogP contribution in [0.15, 0.2) is 71.3 Å². The first-order chi connectivity index (χ1) is 18.3. The number of fused-ring (bicyclic) bond motifs is 1. The van der Waals surface area contributed by atoms with Crippen molar-refractivity contribution < 1.29 is 18.5 Å². The SMILES string of the molecule is CCOC(=O)c1cc(C2CC2)nc2onc(CCCO[Si](c3ccccc3)(c3ccccc3)C(C)(C)C)c12. The van der Waals surface area contributed by atoms with Crippen LogP contribution in [0.1, 0.15) is 74.6 Å². The maximum Gasteiger partial charge on any atom is 0.339 e. The minimum atomic E-state index is -2.61. The van der Waals surface area contributed by atoms with Crippen LogP contribution in [0.25, 0.3) is 11.1 Å². The van der Waals surface area contributed by atoms with Crippen molar-refractivity contribution in [2.24, 2.45) is 0 Å². The first kappa shape index (κ1) is 26.3. The summed E-state index contributed by atoms with van der Waals surface area (Å²) in [6.45, 7) is 9.52. The Morgan fingerprint density at radius 3 is 2.21 bits per heavy atom. The number of nitrogens with zero attached hydrogens (tertiary/aromatic N) is 2. The Hall–Kier alpha value is -3.29. The van der Waals surface area contributed by atoms with Crippen LogP contribution in [0.5, 0.6) is 0 Å². The lowest BCUT2D eigenvalue weighted by Gasteiger charge is -2.43. The molecule has 198 valence electrons. The van der Waals surface area contributed by atoms with Crippen molar-refractivity contribution in [2.75, 3.05) is 13.2 Å². The van der Waals surface area contributed by atoms with Crippen molar-refractivity contribution in [3.05, 3.63) is 83.7 Å². The van der Waals surface area contributed by atoms with Crippen molar-refractivity contribution in [1.29, 1.82) is 0 Å². The number of aromatic nitrogens is 2. The molecule has 5 rings (SSSR count). The number of hydrogen-bond acceptors (Lipinski definition) is 6. The van der Waals surface area contributed by atoms with Crippen molar-refractivity contribution >= 4 is 35.8 Å². The van der Waals surface area contributed by atoms with E-state index in [0.29, 0.717) is 42.2 Å². The van der Waals surface area contributed by atoms with E-state index >= 15 is 0 Å². The van der Waals surface area contributed by atoms with Crippen molar-refractivity contribution in [3.63, 3.8) is 0 Å². The predicted molar refractivity (Wildman–Crippen MR) is 152 cm³/mol. The molecular weight excluding hydrogens is 492 g/mol. The highest BCUT2D eigenvalue weighted by Gasteiger charge is 2.50. The van der Waals surface area contributed by atoms with E-state index in [1.165, 1.54) is 10.4 Å². The van der Waals surface area contributed by atoms with E-state index in [-0.39, 0.29) is 11.0 Å². The summed E-state index contributed by atoms with van der Waals surface area (Å²) in [6, 6.07) is 23.1. The number of ether oxygens (including phenoxy) is 1. The summed E-state index contributed by atoms with van der Waals surface area (Å²) >= 11 is 0. The zero-order valence-electron chi connectivity index (χ0n) is 22.7. The largest absolute Gasteiger partial charge is 0.462 e. The van der Waals surface area contributed by atoms with Gasteiger partial charge < -0.3 is 13.7 Å². The van der Waals surface area contributed by atoms with Gasteiger partial charge in [0.2, 0.25) is 0 Å². The Morgan fingerprint density at radius 1 is 1.03 bits per heavy atom. The molecule has 0 bridgehead atoms. The number of benzene rings is 2. The van der Waals surface area contributed by atoms with Gasteiger partial charge in [0.15, 0.2) is 0 Å². The van der Waals surface area contributed by atoms with E-state index < -0.39 is 8.32 Å². The molecule has 0 spiro atoms. The standard InChI is InChI=1S/C31H36N2O4Si/c1-5-35-30(34)25-21-27(22-18-19-22)32-29-28(25)26(33-37-29)17-12-20-36-38(31(2,3)4,23-13-8-6-9-14-23)24-15-10-7-11-16-24/h6-11,13-16,21-22H,5,12,17-20H2,1-4H3. The molecule has 1 saturated carbocycles. The molecule has 1 fully saturated rings. The summed E-state index contributed by atoms with van der Waals surface area (Å²) in [5.74, 6) is 0.0378. The van der Waals surface area contributed by atoms with Crippen LogP contribution in [-0.2, 0) is 15.6 Å². The summed E-state index contributed by atoms with van der Waals surface area (Å²) in [4.78, 5) is 17.5. The molecule has 0 amide bonds. The minimum Gasteiger partial charge on any atom is -0.462 e. The Morgan fingerprint density at radius 2 is 1.66 bits per heavy atom. The highest BCUT2D eigenvalue weighted by molar-refractivity contribution is 6.99. The van der Waals surface area contributed by atoms with Crippen molar-refractivity contribution in [3.8, 4) is 0 Å². The minimum absolute atomic E-state index is 0.0868. The van der Waals surface area contributed by atoms with Crippen LogP contribution < -0.4 is 10.4 Å². The highest BCUT2D eigenvalue weighted by atomic mass is 28.4. The molecule has 2 aromatic carbocycles. The Balaban J connectivity index is 1.42. The van der Waals surface area contributed by atoms with Crippen LogP contribution in [0, 0.1) is 0 Å². The fourth-order valence-electron chi connectivity index (χ4n) is 5.38. The van der Waals surface area contributed by atoms with Gasteiger partial charge in [-0.2, -0.15) is 0 Å². The molecule has 0 atom stereocenters. The van der Waals surface area contributed by atoms with Crippen LogP contribution in [-0.4, -0.2) is 37.6 Å². The average molecular weight is 529 g/mol. The van der Waals surface area contributed by atoms with Gasteiger partial charge >= 0.3 is 5.97 Å². The second-order valence-corrected chi connectivity index (χ2v) is 15.3. The zero-order valence-corrected chi connectivity index (χ0v) is 23.7. The number of hydrogen-bond donors (Lipinski definition) is 0. The Labute approximate surface area is 225 Å². The topological polar surface area (TPSA) is 74.5 Å². The van der Waals surface area contributed by atoms with Crippen LogP contribution in [0.3, 0.4) is 0 Å². The molecule has 0 aliphatic heterocycles. The second-order valence-electron chi connectivity index (χ2n) is 11.0. The van der Waals surface area contributed by atoms with E-state index in [1.54, 1.807) is 0 Å². The van der Waals surface area contributed by atoms with Gasteiger partial charge in [-0.1, -0.05) is 86.6 Å². The lowest BCUT2D eigenvalue weighted by molar-refractivity contribution is 0.0528. The molecule has 2 heterocycles. The van der Waals surface area contributed by atoms with Gasteiger partial charge in [-0.05, 0) is 54.1 Å². The maximum absolute atomic E-state index is 12.9. The maximum atomic E-state index is 12.9. The van der Waals surface area contributed by atoms with Crippen LogP contribution >= 0.6 is 0 Å². The number of esters is 1. The first-order valence-corrected chi connectivity index (χ1v) is 15.5. The van der Waals surface area contributed by atoms with Crippen LogP contribution in [0.2, 0.25) is 5.04 Å². The molecule has 0 saturated heterocycles. The van der Waals surface area contributed by atoms with E-state index in [0.717, 1.165) is 30.7 Å². The quantitative estimate of drug-likeness (QED) is 0.147. The van der Waals surface area contributed by atoms with Crippen molar-refractivity contribution in [1.82, 2.24) is 10.1 Å². The number of rotatable bonds is 10. The molecular formula is C31H36N2O4Si. The molecule has 7 heteroatoms. The van der Waals surface area contributed by atoms with E-state index in [2.05, 4.69) is 91.6 Å². The molecule has 4 aromatic rings. The molecule has 2 aromatic heterocycles. The predicted octanol–water partition coefficient (Wildman–Crippen LogP) is 5.79. The summed E-state index contributed by atoms with van der Waals surface area (Å²) in [5.41, 5.74) is 2.53. The molecule has 1 aliphatic carbocycles. The molecule has 0 radical (unpaired) electrons. The molecule has 6 nitrogen and oxygen atoms in total. The monoisotopic (exact) mass is 528 g/mol. The highest BCUT2D eigenvalue weighted by Crippen LogP contribution is 2.41. The lowest BCUT2D eigenvalue weighted by Crippen LogP contribution is -2.66. The van der Waals surface area contributed by atoms with Gasteiger partial charge in [-0.3, -0.25) is 0 Å². The van der Waals surface area contributed by atoms with Gasteiger partial charge in [-0.15, -0.1) is 0 Å². The summed E-state index contributed by atoms with van der Waals surface area (Å²) < 4.78 is 18.0. The normalized spacial score (nSPS) is 14.1. The van der Waals surface area contributed by atoms with Gasteiger partial charge in [0.05, 0.1) is 23.3 Å². The summed E-state index contributed by atoms with van der Waals surface area (Å²) in [7, 11) is -2.61. The van der Waals surface area contributed by atoms with Gasteiger partial charge in [0.1, 0.15) is 0 Å². The first-order valence-electron chi connectivity index (χ1n) is 13.6. The summed E-state index contributed by atoms with van der Waals surface area (Å²) in [6.07, 6.45) is 3.52. The second kappa shape index (κ2) is 10.8.